The maximum absolute atomic E-state index is 13.3. The SMILES string of the molecule is COC1C2CCCC(C(=O)N1CCOCCCc1ccccc1)N2C(=O)OCc1ccccc1. The van der Waals surface area contributed by atoms with Gasteiger partial charge in [-0.3, -0.25) is 9.69 Å². The van der Waals surface area contributed by atoms with Gasteiger partial charge in [-0.2, -0.15) is 0 Å². The summed E-state index contributed by atoms with van der Waals surface area (Å²) < 4.78 is 17.1. The first-order valence-electron chi connectivity index (χ1n) is 12.1. The van der Waals surface area contributed by atoms with E-state index in [0.29, 0.717) is 26.2 Å². The molecule has 0 spiro atoms. The number of piperazine rings is 1. The Morgan fingerprint density at radius 1 is 0.971 bits per heavy atom. The predicted molar refractivity (Wildman–Crippen MR) is 128 cm³/mol. The van der Waals surface area contributed by atoms with E-state index in [-0.39, 0.29) is 18.6 Å². The molecule has 0 radical (unpaired) electrons. The second-order valence-corrected chi connectivity index (χ2v) is 8.82. The van der Waals surface area contributed by atoms with Crippen molar-refractivity contribution in [1.82, 2.24) is 9.80 Å². The van der Waals surface area contributed by atoms with E-state index in [0.717, 1.165) is 31.2 Å². The smallest absolute Gasteiger partial charge is 0.411 e. The van der Waals surface area contributed by atoms with E-state index in [4.69, 9.17) is 14.2 Å². The Bertz CT molecular complexity index is 923. The predicted octanol–water partition coefficient (Wildman–Crippen LogP) is 4.01. The Kier molecular flexibility index (Phi) is 8.55. The molecule has 0 saturated carbocycles. The Balaban J connectivity index is 1.30. The van der Waals surface area contributed by atoms with Crippen LogP contribution in [0, 0.1) is 0 Å². The molecular weight excluding hydrogens is 432 g/mol. The molecule has 0 N–H and O–H groups in total. The normalized spacial score (nSPS) is 22.0. The van der Waals surface area contributed by atoms with Gasteiger partial charge in [0.2, 0.25) is 5.91 Å². The fourth-order valence-electron chi connectivity index (χ4n) is 4.94. The lowest BCUT2D eigenvalue weighted by Gasteiger charge is -2.52. The zero-order valence-electron chi connectivity index (χ0n) is 19.8. The zero-order valence-corrected chi connectivity index (χ0v) is 19.8. The topological polar surface area (TPSA) is 68.3 Å². The maximum atomic E-state index is 13.3. The van der Waals surface area contributed by atoms with Crippen molar-refractivity contribution < 1.29 is 23.8 Å². The van der Waals surface area contributed by atoms with Crippen LogP contribution in [0.2, 0.25) is 0 Å². The van der Waals surface area contributed by atoms with Crippen LogP contribution in [0.5, 0.6) is 0 Å². The lowest BCUT2D eigenvalue weighted by Crippen LogP contribution is -2.70. The van der Waals surface area contributed by atoms with Crippen LogP contribution in [0.3, 0.4) is 0 Å². The van der Waals surface area contributed by atoms with Gasteiger partial charge < -0.3 is 19.1 Å². The fraction of sp³-hybridized carbons (Fsp3) is 0.481. The number of amides is 2. The fourth-order valence-corrected chi connectivity index (χ4v) is 4.94. The van der Waals surface area contributed by atoms with Crippen molar-refractivity contribution in [3.63, 3.8) is 0 Å². The van der Waals surface area contributed by atoms with Gasteiger partial charge in [0.15, 0.2) is 6.23 Å². The highest BCUT2D eigenvalue weighted by Crippen LogP contribution is 2.34. The van der Waals surface area contributed by atoms with Crippen LogP contribution in [0.1, 0.15) is 36.8 Å². The highest BCUT2D eigenvalue weighted by molar-refractivity contribution is 5.87. The summed E-state index contributed by atoms with van der Waals surface area (Å²) in [6, 6.07) is 19.2. The van der Waals surface area contributed by atoms with Crippen LogP contribution in [-0.4, -0.2) is 67.0 Å². The molecule has 2 aliphatic rings. The van der Waals surface area contributed by atoms with Gasteiger partial charge >= 0.3 is 6.09 Å². The first-order valence-corrected chi connectivity index (χ1v) is 12.1. The number of benzene rings is 2. The van der Waals surface area contributed by atoms with E-state index in [1.165, 1.54) is 5.56 Å². The monoisotopic (exact) mass is 466 g/mol. The third-order valence-corrected chi connectivity index (χ3v) is 6.61. The molecule has 2 aliphatic heterocycles. The molecule has 0 aliphatic carbocycles. The molecule has 2 aromatic carbocycles. The number of fused-ring (bicyclic) bond motifs is 2. The number of likely N-dealkylation sites (tertiary alicyclic amines) is 1. The van der Waals surface area contributed by atoms with Crippen LogP contribution in [0.15, 0.2) is 60.7 Å². The Hall–Kier alpha value is -2.90. The number of nitrogens with zero attached hydrogens (tertiary/aromatic N) is 2. The van der Waals surface area contributed by atoms with Crippen LogP contribution in [0.4, 0.5) is 4.79 Å². The van der Waals surface area contributed by atoms with Crippen LogP contribution < -0.4 is 0 Å². The van der Waals surface area contributed by atoms with Crippen molar-refractivity contribution in [1.29, 1.82) is 0 Å². The van der Waals surface area contributed by atoms with Gasteiger partial charge in [-0.05, 0) is 43.2 Å². The Morgan fingerprint density at radius 3 is 2.38 bits per heavy atom. The number of carbonyl (C=O) groups excluding carboxylic acids is 2. The molecule has 7 nitrogen and oxygen atoms in total. The largest absolute Gasteiger partial charge is 0.445 e. The summed E-state index contributed by atoms with van der Waals surface area (Å²) in [6.45, 7) is 1.71. The number of hydrogen-bond donors (Lipinski definition) is 0. The minimum Gasteiger partial charge on any atom is -0.445 e. The lowest BCUT2D eigenvalue weighted by atomic mass is 9.89. The summed E-state index contributed by atoms with van der Waals surface area (Å²) in [5.41, 5.74) is 2.21. The van der Waals surface area contributed by atoms with E-state index in [1.54, 1.807) is 16.9 Å². The molecule has 2 bridgehead atoms. The minimum absolute atomic E-state index is 0.0904. The highest BCUT2D eigenvalue weighted by atomic mass is 16.6. The molecule has 2 amide bonds. The molecule has 0 aromatic heterocycles. The second-order valence-electron chi connectivity index (χ2n) is 8.82. The molecule has 3 atom stereocenters. The van der Waals surface area contributed by atoms with Crippen LogP contribution in [0.25, 0.3) is 0 Å². The molecule has 3 unspecified atom stereocenters. The summed E-state index contributed by atoms with van der Waals surface area (Å²) in [5.74, 6) is -0.0904. The maximum Gasteiger partial charge on any atom is 0.411 e. The summed E-state index contributed by atoms with van der Waals surface area (Å²) >= 11 is 0. The summed E-state index contributed by atoms with van der Waals surface area (Å²) in [6.07, 6.45) is 3.24. The number of rotatable bonds is 10. The number of hydrogen-bond acceptors (Lipinski definition) is 5. The van der Waals surface area contributed by atoms with Crippen molar-refractivity contribution >= 4 is 12.0 Å². The molecule has 4 rings (SSSR count). The number of carbonyl (C=O) groups is 2. The lowest BCUT2D eigenvalue weighted by molar-refractivity contribution is -0.180. The van der Waals surface area contributed by atoms with E-state index in [9.17, 15) is 9.59 Å². The van der Waals surface area contributed by atoms with Gasteiger partial charge in [0.25, 0.3) is 0 Å². The van der Waals surface area contributed by atoms with E-state index < -0.39 is 18.4 Å². The quantitative estimate of drug-likeness (QED) is 0.495. The standard InChI is InChI=1S/C27H34N2O5/c1-32-26-24-16-8-15-23(29(24)27(31)34-20-22-12-6-3-7-13-22)25(30)28(26)17-19-33-18-9-14-21-10-4-2-5-11-21/h2-7,10-13,23-24,26H,8-9,14-20H2,1H3. The minimum atomic E-state index is -0.508. The molecule has 34 heavy (non-hydrogen) atoms. The molecule has 7 heteroatoms. The third kappa shape index (κ3) is 5.77. The number of ether oxygens (including phenoxy) is 3. The second kappa shape index (κ2) is 12.0. The van der Waals surface area contributed by atoms with Gasteiger partial charge in [0, 0.05) is 20.3 Å². The number of methoxy groups -OCH3 is 1. The molecule has 2 fully saturated rings. The van der Waals surface area contributed by atoms with E-state index in [1.807, 2.05) is 48.5 Å². The van der Waals surface area contributed by atoms with Crippen molar-refractivity contribution in [3.8, 4) is 0 Å². The first-order chi connectivity index (χ1) is 16.7. The molecule has 2 aromatic rings. The van der Waals surface area contributed by atoms with Gasteiger partial charge in [-0.15, -0.1) is 0 Å². The zero-order chi connectivity index (χ0) is 23.8. The van der Waals surface area contributed by atoms with Gasteiger partial charge in [0.1, 0.15) is 12.6 Å². The van der Waals surface area contributed by atoms with Gasteiger partial charge in [-0.25, -0.2) is 4.79 Å². The first kappa shape index (κ1) is 24.2. The molecular formula is C27H34N2O5. The highest BCUT2D eigenvalue weighted by Gasteiger charge is 2.51. The van der Waals surface area contributed by atoms with Crippen LogP contribution >= 0.6 is 0 Å². The van der Waals surface area contributed by atoms with Crippen molar-refractivity contribution in [2.24, 2.45) is 0 Å². The Morgan fingerprint density at radius 2 is 1.68 bits per heavy atom. The van der Waals surface area contributed by atoms with Gasteiger partial charge in [0.05, 0.1) is 12.6 Å². The molecule has 2 heterocycles. The van der Waals surface area contributed by atoms with Crippen LogP contribution in [-0.2, 0) is 32.0 Å². The number of piperidine rings is 1. The van der Waals surface area contributed by atoms with Crippen molar-refractivity contribution in [2.75, 3.05) is 26.9 Å². The number of aryl methyl sites for hydroxylation is 1. The van der Waals surface area contributed by atoms with E-state index >= 15 is 0 Å². The van der Waals surface area contributed by atoms with E-state index in [2.05, 4.69) is 12.1 Å². The van der Waals surface area contributed by atoms with Crippen molar-refractivity contribution in [3.05, 3.63) is 71.8 Å². The average Bonchev–Trinajstić information content (AvgIpc) is 2.88. The third-order valence-electron chi connectivity index (χ3n) is 6.61. The van der Waals surface area contributed by atoms with Crippen molar-refractivity contribution in [2.45, 2.75) is 57.0 Å². The summed E-state index contributed by atoms with van der Waals surface area (Å²) in [5, 5.41) is 0. The molecule has 182 valence electrons. The average molecular weight is 467 g/mol. The molecule has 2 saturated heterocycles. The Labute approximate surface area is 201 Å². The van der Waals surface area contributed by atoms with Gasteiger partial charge in [-0.1, -0.05) is 60.7 Å². The summed E-state index contributed by atoms with van der Waals surface area (Å²) in [4.78, 5) is 29.7. The summed E-state index contributed by atoms with van der Waals surface area (Å²) in [7, 11) is 1.59.